The van der Waals surface area contributed by atoms with Gasteiger partial charge in [-0.1, -0.05) is 0 Å². The molecule has 0 saturated carbocycles. The third-order valence-electron chi connectivity index (χ3n) is 1.76. The van der Waals surface area contributed by atoms with E-state index in [0.717, 1.165) is 10.6 Å². The Labute approximate surface area is 88.1 Å². The molecule has 0 aromatic carbocycles. The molecule has 0 atom stereocenters. The van der Waals surface area contributed by atoms with Gasteiger partial charge in [-0.25, -0.2) is 4.98 Å². The lowest BCUT2D eigenvalue weighted by molar-refractivity contribution is 0.104. The smallest absolute Gasteiger partial charge is 0.215 e. The summed E-state index contributed by atoms with van der Waals surface area (Å²) in [5, 5.41) is 0.568. The predicted octanol–water partition coefficient (Wildman–Crippen LogP) is 2.02. The average Bonchev–Trinajstić information content (AvgIpc) is 2.43. The van der Waals surface area contributed by atoms with Gasteiger partial charge in [0.2, 0.25) is 5.78 Å². The number of hydrogen-bond donors (Lipinski definition) is 0. The van der Waals surface area contributed by atoms with Crippen molar-refractivity contribution in [3.05, 3.63) is 27.9 Å². The zero-order chi connectivity index (χ0) is 10.7. The summed E-state index contributed by atoms with van der Waals surface area (Å²) in [5.41, 5.74) is 0.941. The van der Waals surface area contributed by atoms with Crippen LogP contribution in [0, 0.1) is 13.8 Å². The van der Waals surface area contributed by atoms with Crippen LogP contribution in [0.1, 0.15) is 20.4 Å². The third kappa shape index (κ3) is 2.67. The van der Waals surface area contributed by atoms with Gasteiger partial charge >= 0.3 is 0 Å². The second kappa shape index (κ2) is 4.37. The van der Waals surface area contributed by atoms with Crippen molar-refractivity contribution in [3.8, 4) is 0 Å². The van der Waals surface area contributed by atoms with Crippen molar-refractivity contribution in [1.29, 1.82) is 0 Å². The fourth-order valence-electron chi connectivity index (χ4n) is 0.866. The molecule has 0 amide bonds. The topological polar surface area (TPSA) is 33.2 Å². The van der Waals surface area contributed by atoms with E-state index in [-0.39, 0.29) is 5.78 Å². The number of ketones is 1. The number of carbonyl (C=O) groups excluding carboxylic acids is 1. The van der Waals surface area contributed by atoms with Gasteiger partial charge in [0.15, 0.2) is 5.01 Å². The van der Waals surface area contributed by atoms with Crippen LogP contribution >= 0.6 is 11.3 Å². The summed E-state index contributed by atoms with van der Waals surface area (Å²) in [5.74, 6) is -0.0279. The van der Waals surface area contributed by atoms with E-state index >= 15 is 0 Å². The van der Waals surface area contributed by atoms with E-state index in [1.807, 2.05) is 32.8 Å². The van der Waals surface area contributed by atoms with Crippen molar-refractivity contribution in [1.82, 2.24) is 9.88 Å². The molecule has 1 aromatic heterocycles. The minimum Gasteiger partial charge on any atom is -0.383 e. The molecule has 4 heteroatoms. The molecule has 0 radical (unpaired) electrons. The number of thiazole rings is 1. The lowest BCUT2D eigenvalue weighted by Crippen LogP contribution is -2.02. The number of allylic oxidation sites excluding steroid dienone is 1. The van der Waals surface area contributed by atoms with Crippen LogP contribution in [0.25, 0.3) is 0 Å². The van der Waals surface area contributed by atoms with Gasteiger partial charge in [-0.3, -0.25) is 4.79 Å². The molecular formula is C10H14N2OS. The zero-order valence-corrected chi connectivity index (χ0v) is 9.68. The Balaban J connectivity index is 2.80. The van der Waals surface area contributed by atoms with Crippen molar-refractivity contribution in [2.24, 2.45) is 0 Å². The summed E-state index contributed by atoms with van der Waals surface area (Å²) in [7, 11) is 3.75. The van der Waals surface area contributed by atoms with Crippen molar-refractivity contribution in [3.63, 3.8) is 0 Å². The Hall–Kier alpha value is -1.16. The van der Waals surface area contributed by atoms with Gasteiger partial charge in [0.25, 0.3) is 0 Å². The van der Waals surface area contributed by atoms with Crippen molar-refractivity contribution in [2.45, 2.75) is 13.8 Å². The van der Waals surface area contributed by atoms with Crippen LogP contribution in [-0.2, 0) is 0 Å². The van der Waals surface area contributed by atoms with Crippen LogP contribution in [0.3, 0.4) is 0 Å². The predicted molar refractivity (Wildman–Crippen MR) is 58.7 cm³/mol. The number of carbonyl (C=O) groups is 1. The van der Waals surface area contributed by atoms with E-state index in [1.165, 1.54) is 17.4 Å². The van der Waals surface area contributed by atoms with Crippen molar-refractivity contribution < 1.29 is 4.79 Å². The summed E-state index contributed by atoms with van der Waals surface area (Å²) < 4.78 is 0. The Morgan fingerprint density at radius 2 is 2.07 bits per heavy atom. The average molecular weight is 210 g/mol. The quantitative estimate of drug-likeness (QED) is 0.565. The van der Waals surface area contributed by atoms with Crippen LogP contribution in [0.15, 0.2) is 12.3 Å². The molecule has 1 heterocycles. The first-order valence-electron chi connectivity index (χ1n) is 4.33. The van der Waals surface area contributed by atoms with E-state index in [1.54, 1.807) is 6.20 Å². The summed E-state index contributed by atoms with van der Waals surface area (Å²) in [6, 6.07) is 0. The Bertz CT molecular complexity index is 347. The molecule has 0 aliphatic rings. The second-order valence-electron chi connectivity index (χ2n) is 3.30. The lowest BCUT2D eigenvalue weighted by Gasteiger charge is -2.01. The number of hydrogen-bond acceptors (Lipinski definition) is 4. The molecule has 0 bridgehead atoms. The van der Waals surface area contributed by atoms with Gasteiger partial charge in [0, 0.05) is 31.2 Å². The minimum absolute atomic E-state index is 0.0279. The van der Waals surface area contributed by atoms with Gasteiger partial charge in [-0.15, -0.1) is 11.3 Å². The molecule has 0 aliphatic heterocycles. The summed E-state index contributed by atoms with van der Waals surface area (Å²) >= 11 is 1.44. The number of nitrogens with zero attached hydrogens (tertiary/aromatic N) is 2. The molecule has 1 rings (SSSR count). The van der Waals surface area contributed by atoms with Crippen molar-refractivity contribution in [2.75, 3.05) is 14.1 Å². The highest BCUT2D eigenvalue weighted by atomic mass is 32.1. The third-order valence-corrected chi connectivity index (χ3v) is 2.85. The van der Waals surface area contributed by atoms with Crippen molar-refractivity contribution >= 4 is 17.1 Å². The zero-order valence-electron chi connectivity index (χ0n) is 8.87. The van der Waals surface area contributed by atoms with Crippen LogP contribution < -0.4 is 0 Å². The SMILES string of the molecule is Cc1nc(C(=O)/C=C/N(C)C)sc1C. The molecule has 0 N–H and O–H groups in total. The monoisotopic (exact) mass is 210 g/mol. The van der Waals surface area contributed by atoms with Crippen LogP contribution in [0.2, 0.25) is 0 Å². The molecular weight excluding hydrogens is 196 g/mol. The largest absolute Gasteiger partial charge is 0.383 e. The van der Waals surface area contributed by atoms with E-state index in [4.69, 9.17) is 0 Å². The van der Waals surface area contributed by atoms with Gasteiger partial charge in [-0.05, 0) is 13.8 Å². The van der Waals surface area contributed by atoms with Gasteiger partial charge < -0.3 is 4.90 Å². The normalized spacial score (nSPS) is 10.9. The first kappa shape index (κ1) is 10.9. The Morgan fingerprint density at radius 3 is 2.50 bits per heavy atom. The number of aromatic nitrogens is 1. The van der Waals surface area contributed by atoms with Gasteiger partial charge in [-0.2, -0.15) is 0 Å². The Kier molecular flexibility index (Phi) is 3.41. The fraction of sp³-hybridized carbons (Fsp3) is 0.400. The molecule has 3 nitrogen and oxygen atoms in total. The van der Waals surface area contributed by atoms with E-state index in [2.05, 4.69) is 4.98 Å². The van der Waals surface area contributed by atoms with E-state index in [9.17, 15) is 4.79 Å². The first-order chi connectivity index (χ1) is 6.50. The standard InChI is InChI=1S/C10H14N2OS/c1-7-8(2)14-10(11-7)9(13)5-6-12(3)4/h5-6H,1-4H3/b6-5+. The Morgan fingerprint density at radius 1 is 1.43 bits per heavy atom. The number of aryl methyl sites for hydroxylation is 2. The van der Waals surface area contributed by atoms with Gasteiger partial charge in [0.1, 0.15) is 0 Å². The minimum atomic E-state index is -0.0279. The van der Waals surface area contributed by atoms with E-state index < -0.39 is 0 Å². The molecule has 0 aliphatic carbocycles. The first-order valence-corrected chi connectivity index (χ1v) is 5.15. The molecule has 14 heavy (non-hydrogen) atoms. The highest BCUT2D eigenvalue weighted by Crippen LogP contribution is 2.16. The second-order valence-corrected chi connectivity index (χ2v) is 4.51. The molecule has 76 valence electrons. The van der Waals surface area contributed by atoms with Crippen LogP contribution in [-0.4, -0.2) is 29.8 Å². The maximum absolute atomic E-state index is 11.5. The highest BCUT2D eigenvalue weighted by Gasteiger charge is 2.09. The highest BCUT2D eigenvalue weighted by molar-refractivity contribution is 7.13. The molecule has 1 aromatic rings. The van der Waals surface area contributed by atoms with Crippen LogP contribution in [0.4, 0.5) is 0 Å². The summed E-state index contributed by atoms with van der Waals surface area (Å²) in [4.78, 5) is 18.7. The lowest BCUT2D eigenvalue weighted by atomic mass is 10.4. The molecule has 0 fully saturated rings. The molecule has 0 spiro atoms. The summed E-state index contributed by atoms with van der Waals surface area (Å²) in [6.45, 7) is 3.89. The maximum Gasteiger partial charge on any atom is 0.215 e. The van der Waals surface area contributed by atoms with Gasteiger partial charge in [0.05, 0.1) is 5.69 Å². The van der Waals surface area contributed by atoms with E-state index in [0.29, 0.717) is 5.01 Å². The molecule has 0 unspecified atom stereocenters. The maximum atomic E-state index is 11.5. The molecule has 0 saturated heterocycles. The number of rotatable bonds is 3. The van der Waals surface area contributed by atoms with Crippen LogP contribution in [0.5, 0.6) is 0 Å². The fourth-order valence-corrected chi connectivity index (χ4v) is 1.70. The summed E-state index contributed by atoms with van der Waals surface area (Å²) in [6.07, 6.45) is 3.27.